The zero-order chi connectivity index (χ0) is 46.1. The first kappa shape index (κ1) is 40.4. The van der Waals surface area contributed by atoms with Gasteiger partial charge in [0.1, 0.15) is 0 Å². The van der Waals surface area contributed by atoms with Gasteiger partial charge in [-0.15, -0.1) is 0 Å². The summed E-state index contributed by atoms with van der Waals surface area (Å²) < 4.78 is 0. The summed E-state index contributed by atoms with van der Waals surface area (Å²) in [6, 6.07) is 79.2. The molecular formula is C64H43N5. The molecule has 69 heavy (non-hydrogen) atoms. The van der Waals surface area contributed by atoms with Gasteiger partial charge in [0, 0.05) is 38.8 Å². The zero-order valence-electron chi connectivity index (χ0n) is 38.1. The summed E-state index contributed by atoms with van der Waals surface area (Å²) in [6.07, 6.45) is 0. The van der Waals surface area contributed by atoms with E-state index in [2.05, 4.69) is 220 Å². The number of hydrogen-bond donors (Lipinski definition) is 0. The minimum Gasteiger partial charge on any atom is -0.228 e. The Morgan fingerprint density at radius 2 is 0.710 bits per heavy atom. The van der Waals surface area contributed by atoms with Crippen LogP contribution in [-0.4, -0.2) is 24.9 Å². The van der Waals surface area contributed by atoms with Gasteiger partial charge in [0.2, 0.25) is 0 Å². The third kappa shape index (κ3) is 7.06. The molecule has 0 amide bonds. The smallest absolute Gasteiger partial charge is 0.164 e. The second kappa shape index (κ2) is 16.1. The highest BCUT2D eigenvalue weighted by Crippen LogP contribution is 2.51. The number of fused-ring (bicyclic) bond motifs is 6. The quantitative estimate of drug-likeness (QED) is 0.160. The standard InChI is InChI=1S/C64H43N5/c1-64(2)56-38-48(32-33-52(56)55-36-45-20-6-7-21-46(45)37-57(55)64)59-39-58(65-60(66-59)42-18-4-3-5-19-42)47-26-12-24-43(34-47)44-25-13-27-49(35-44)61-67-62(53-30-14-22-40-16-8-10-28-50(40)53)69-63(68-61)54-31-15-23-41-17-9-11-29-51(41)54/h3-39H,1-2H3. The molecule has 0 atom stereocenters. The second-order valence-corrected chi connectivity index (χ2v) is 18.5. The normalized spacial score (nSPS) is 12.6. The van der Waals surface area contributed by atoms with Gasteiger partial charge >= 0.3 is 0 Å². The molecule has 0 saturated heterocycles. The van der Waals surface area contributed by atoms with Crippen molar-refractivity contribution in [2.45, 2.75) is 19.3 Å². The van der Waals surface area contributed by atoms with E-state index in [-0.39, 0.29) is 5.41 Å². The summed E-state index contributed by atoms with van der Waals surface area (Å²) >= 11 is 0. The molecule has 2 heterocycles. The topological polar surface area (TPSA) is 64.5 Å². The molecule has 0 aliphatic heterocycles. The zero-order valence-corrected chi connectivity index (χ0v) is 38.1. The maximum atomic E-state index is 5.25. The molecule has 13 rings (SSSR count). The molecule has 324 valence electrons. The minimum atomic E-state index is -0.179. The van der Waals surface area contributed by atoms with Gasteiger partial charge in [-0.25, -0.2) is 24.9 Å². The van der Waals surface area contributed by atoms with E-state index in [1.807, 2.05) is 18.2 Å². The summed E-state index contributed by atoms with van der Waals surface area (Å²) in [5, 5.41) is 6.97. The molecule has 0 fully saturated rings. The largest absolute Gasteiger partial charge is 0.228 e. The van der Waals surface area contributed by atoms with Gasteiger partial charge in [-0.3, -0.25) is 0 Å². The fourth-order valence-corrected chi connectivity index (χ4v) is 10.3. The monoisotopic (exact) mass is 881 g/mol. The molecule has 0 N–H and O–H groups in total. The van der Waals surface area contributed by atoms with E-state index in [1.165, 1.54) is 33.0 Å². The number of hydrogen-bond acceptors (Lipinski definition) is 5. The van der Waals surface area contributed by atoms with Crippen molar-refractivity contribution in [3.63, 3.8) is 0 Å². The van der Waals surface area contributed by atoms with Crippen molar-refractivity contribution in [1.29, 1.82) is 0 Å². The van der Waals surface area contributed by atoms with Crippen LogP contribution in [-0.2, 0) is 5.41 Å². The molecule has 5 heteroatoms. The maximum Gasteiger partial charge on any atom is 0.164 e. The van der Waals surface area contributed by atoms with Gasteiger partial charge in [0.15, 0.2) is 23.3 Å². The molecule has 0 bridgehead atoms. The van der Waals surface area contributed by atoms with E-state index in [9.17, 15) is 0 Å². The molecule has 1 aliphatic carbocycles. The van der Waals surface area contributed by atoms with E-state index in [0.29, 0.717) is 23.3 Å². The van der Waals surface area contributed by atoms with Gasteiger partial charge < -0.3 is 0 Å². The van der Waals surface area contributed by atoms with Crippen LogP contribution < -0.4 is 0 Å². The van der Waals surface area contributed by atoms with Gasteiger partial charge in [0.05, 0.1) is 11.4 Å². The van der Waals surface area contributed by atoms with Gasteiger partial charge in [-0.2, -0.15) is 0 Å². The lowest BCUT2D eigenvalue weighted by Gasteiger charge is -2.22. The van der Waals surface area contributed by atoms with Crippen LogP contribution in [0.15, 0.2) is 224 Å². The summed E-state index contributed by atoms with van der Waals surface area (Å²) in [7, 11) is 0. The Bertz CT molecular complexity index is 3900. The molecule has 1 aliphatic rings. The van der Waals surface area contributed by atoms with Crippen molar-refractivity contribution in [3.05, 3.63) is 236 Å². The summed E-state index contributed by atoms with van der Waals surface area (Å²) in [6.45, 7) is 4.68. The van der Waals surface area contributed by atoms with E-state index in [4.69, 9.17) is 24.9 Å². The van der Waals surface area contributed by atoms with Crippen molar-refractivity contribution in [2.24, 2.45) is 0 Å². The molecule has 2 aromatic heterocycles. The highest BCUT2D eigenvalue weighted by Gasteiger charge is 2.36. The maximum absolute atomic E-state index is 5.25. The molecule has 0 unspecified atom stereocenters. The van der Waals surface area contributed by atoms with Gasteiger partial charge in [-0.1, -0.05) is 202 Å². The molecule has 0 saturated carbocycles. The summed E-state index contributed by atoms with van der Waals surface area (Å²) in [5.41, 5.74) is 14.7. The fourth-order valence-electron chi connectivity index (χ4n) is 10.3. The Morgan fingerprint density at radius 3 is 1.36 bits per heavy atom. The Balaban J connectivity index is 0.912. The first-order valence-electron chi connectivity index (χ1n) is 23.5. The van der Waals surface area contributed by atoms with Crippen LogP contribution in [0.1, 0.15) is 25.0 Å². The fraction of sp³-hybridized carbons (Fsp3) is 0.0469. The van der Waals surface area contributed by atoms with E-state index < -0.39 is 0 Å². The van der Waals surface area contributed by atoms with E-state index in [1.54, 1.807) is 0 Å². The molecule has 0 radical (unpaired) electrons. The SMILES string of the molecule is CC1(C)c2cc(-c3cc(-c4cccc(-c5cccc(-c6nc(-c7cccc8ccccc78)nc(-c7cccc8ccccc78)n6)c5)c4)nc(-c4ccccc4)n3)ccc2-c2cc3ccccc3cc21. The van der Waals surface area contributed by atoms with Crippen LogP contribution in [0.2, 0.25) is 0 Å². The molecular weight excluding hydrogens is 839 g/mol. The van der Waals surface area contributed by atoms with E-state index in [0.717, 1.165) is 77.4 Å². The van der Waals surface area contributed by atoms with Crippen LogP contribution in [0.3, 0.4) is 0 Å². The first-order valence-corrected chi connectivity index (χ1v) is 23.5. The lowest BCUT2D eigenvalue weighted by Crippen LogP contribution is -2.15. The lowest BCUT2D eigenvalue weighted by molar-refractivity contribution is 0.661. The van der Waals surface area contributed by atoms with Crippen LogP contribution in [0.4, 0.5) is 0 Å². The number of nitrogens with zero attached hydrogens (tertiary/aromatic N) is 5. The first-order chi connectivity index (χ1) is 33.9. The van der Waals surface area contributed by atoms with Crippen LogP contribution in [0, 0.1) is 0 Å². The van der Waals surface area contributed by atoms with Crippen molar-refractivity contribution in [3.8, 4) is 90.3 Å². The van der Waals surface area contributed by atoms with Gasteiger partial charge in [-0.05, 0) is 102 Å². The van der Waals surface area contributed by atoms with Crippen molar-refractivity contribution in [2.75, 3.05) is 0 Å². The average Bonchev–Trinajstić information content (AvgIpc) is 3.63. The van der Waals surface area contributed by atoms with Crippen LogP contribution in [0.25, 0.3) is 123 Å². The van der Waals surface area contributed by atoms with Crippen molar-refractivity contribution < 1.29 is 0 Å². The number of rotatable bonds is 7. The Morgan fingerprint density at radius 1 is 0.261 bits per heavy atom. The minimum absolute atomic E-state index is 0.179. The second-order valence-electron chi connectivity index (χ2n) is 18.5. The Kier molecular flexibility index (Phi) is 9.44. The average molecular weight is 882 g/mol. The predicted molar refractivity (Wildman–Crippen MR) is 284 cm³/mol. The molecule has 12 aromatic rings. The molecule has 5 nitrogen and oxygen atoms in total. The van der Waals surface area contributed by atoms with Crippen molar-refractivity contribution >= 4 is 32.3 Å². The lowest BCUT2D eigenvalue weighted by atomic mass is 9.81. The third-order valence-electron chi connectivity index (χ3n) is 13.9. The number of aromatic nitrogens is 5. The number of benzene rings is 10. The third-order valence-corrected chi connectivity index (χ3v) is 13.9. The Labute approximate surface area is 400 Å². The highest BCUT2D eigenvalue weighted by atomic mass is 15.0. The van der Waals surface area contributed by atoms with Gasteiger partial charge in [0.25, 0.3) is 0 Å². The van der Waals surface area contributed by atoms with Crippen LogP contribution in [0.5, 0.6) is 0 Å². The van der Waals surface area contributed by atoms with Crippen LogP contribution >= 0.6 is 0 Å². The Hall–Kier alpha value is -8.93. The molecule has 10 aromatic carbocycles. The predicted octanol–water partition coefficient (Wildman–Crippen LogP) is 16.1. The highest BCUT2D eigenvalue weighted by molar-refractivity contribution is 5.98. The summed E-state index contributed by atoms with van der Waals surface area (Å²) in [4.78, 5) is 26.1. The van der Waals surface area contributed by atoms with E-state index >= 15 is 0 Å². The summed E-state index contributed by atoms with van der Waals surface area (Å²) in [5.74, 6) is 2.55. The van der Waals surface area contributed by atoms with Crippen molar-refractivity contribution in [1.82, 2.24) is 24.9 Å². The molecule has 0 spiro atoms.